The molecule has 0 radical (unpaired) electrons. The third kappa shape index (κ3) is 2.53. The SMILES string of the molecule is CCC#C[C@@H]1C[C@@H](OC)CN1. The fourth-order valence-corrected chi connectivity index (χ4v) is 1.22. The maximum atomic E-state index is 5.19. The van der Waals surface area contributed by atoms with Gasteiger partial charge in [0.05, 0.1) is 12.1 Å². The van der Waals surface area contributed by atoms with Gasteiger partial charge in [-0.25, -0.2) is 0 Å². The van der Waals surface area contributed by atoms with E-state index >= 15 is 0 Å². The topological polar surface area (TPSA) is 21.3 Å². The minimum atomic E-state index is 0.361. The normalized spacial score (nSPS) is 29.6. The molecule has 1 heterocycles. The smallest absolute Gasteiger partial charge is 0.0720 e. The van der Waals surface area contributed by atoms with E-state index in [9.17, 15) is 0 Å². The Kier molecular flexibility index (Phi) is 3.41. The molecule has 0 bridgehead atoms. The van der Waals surface area contributed by atoms with E-state index in [0.717, 1.165) is 19.4 Å². The maximum Gasteiger partial charge on any atom is 0.0720 e. The first-order valence-electron chi connectivity index (χ1n) is 4.11. The second kappa shape index (κ2) is 4.38. The van der Waals surface area contributed by atoms with Crippen LogP contribution >= 0.6 is 0 Å². The molecular weight excluding hydrogens is 138 g/mol. The van der Waals surface area contributed by atoms with Crippen molar-refractivity contribution in [1.82, 2.24) is 5.32 Å². The summed E-state index contributed by atoms with van der Waals surface area (Å²) < 4.78 is 5.19. The quantitative estimate of drug-likeness (QED) is 0.562. The van der Waals surface area contributed by atoms with Crippen molar-refractivity contribution in [2.24, 2.45) is 0 Å². The average Bonchev–Trinajstić information content (AvgIpc) is 2.48. The molecule has 1 saturated heterocycles. The first-order chi connectivity index (χ1) is 5.36. The van der Waals surface area contributed by atoms with E-state index in [0.29, 0.717) is 12.1 Å². The molecule has 1 N–H and O–H groups in total. The van der Waals surface area contributed by atoms with E-state index in [1.165, 1.54) is 0 Å². The van der Waals surface area contributed by atoms with Crippen LogP contribution in [-0.4, -0.2) is 25.8 Å². The van der Waals surface area contributed by atoms with Crippen LogP contribution in [0.4, 0.5) is 0 Å². The standard InChI is InChI=1S/C9H15NO/c1-3-4-5-8-6-9(11-2)7-10-8/h8-10H,3,6-7H2,1-2H3/t8-,9-/m1/s1. The predicted molar refractivity (Wildman–Crippen MR) is 45.3 cm³/mol. The first kappa shape index (κ1) is 8.58. The lowest BCUT2D eigenvalue weighted by Crippen LogP contribution is -2.19. The van der Waals surface area contributed by atoms with Crippen molar-refractivity contribution >= 4 is 0 Å². The second-order valence-electron chi connectivity index (χ2n) is 2.73. The minimum absolute atomic E-state index is 0.361. The lowest BCUT2D eigenvalue weighted by atomic mass is 10.2. The molecule has 0 spiro atoms. The van der Waals surface area contributed by atoms with Crippen molar-refractivity contribution < 1.29 is 4.74 Å². The highest BCUT2D eigenvalue weighted by Crippen LogP contribution is 2.07. The van der Waals surface area contributed by atoms with Gasteiger partial charge in [0.2, 0.25) is 0 Å². The Morgan fingerprint density at radius 1 is 1.64 bits per heavy atom. The van der Waals surface area contributed by atoms with Gasteiger partial charge in [0, 0.05) is 26.5 Å². The predicted octanol–water partition coefficient (Wildman–Crippen LogP) is 0.777. The van der Waals surface area contributed by atoms with E-state index in [4.69, 9.17) is 4.74 Å². The first-order valence-corrected chi connectivity index (χ1v) is 4.11. The van der Waals surface area contributed by atoms with Crippen molar-refractivity contribution in [3.05, 3.63) is 0 Å². The van der Waals surface area contributed by atoms with Crippen molar-refractivity contribution in [1.29, 1.82) is 0 Å². The van der Waals surface area contributed by atoms with Gasteiger partial charge in [0.1, 0.15) is 0 Å². The van der Waals surface area contributed by atoms with Gasteiger partial charge >= 0.3 is 0 Å². The number of methoxy groups -OCH3 is 1. The fourth-order valence-electron chi connectivity index (χ4n) is 1.22. The molecule has 0 unspecified atom stereocenters. The zero-order valence-corrected chi connectivity index (χ0v) is 7.18. The van der Waals surface area contributed by atoms with Gasteiger partial charge in [-0.1, -0.05) is 12.8 Å². The van der Waals surface area contributed by atoms with Gasteiger partial charge < -0.3 is 10.1 Å². The summed E-state index contributed by atoms with van der Waals surface area (Å²) in [6, 6.07) is 0.361. The maximum absolute atomic E-state index is 5.19. The molecule has 2 nitrogen and oxygen atoms in total. The highest BCUT2D eigenvalue weighted by molar-refractivity contribution is 5.10. The van der Waals surface area contributed by atoms with Crippen LogP contribution in [0.1, 0.15) is 19.8 Å². The van der Waals surface area contributed by atoms with E-state index < -0.39 is 0 Å². The molecule has 1 aliphatic heterocycles. The van der Waals surface area contributed by atoms with Crippen LogP contribution in [0.15, 0.2) is 0 Å². The van der Waals surface area contributed by atoms with Gasteiger partial charge in [0.15, 0.2) is 0 Å². The highest BCUT2D eigenvalue weighted by atomic mass is 16.5. The molecule has 0 aromatic carbocycles. The molecule has 0 aromatic rings. The molecule has 0 aliphatic carbocycles. The summed E-state index contributed by atoms with van der Waals surface area (Å²) in [4.78, 5) is 0. The van der Waals surface area contributed by atoms with Crippen molar-refractivity contribution in [3.8, 4) is 11.8 Å². The largest absolute Gasteiger partial charge is 0.380 e. The van der Waals surface area contributed by atoms with Gasteiger partial charge in [-0.3, -0.25) is 0 Å². The summed E-state index contributed by atoms with van der Waals surface area (Å²) in [6.07, 6.45) is 2.34. The summed E-state index contributed by atoms with van der Waals surface area (Å²) in [7, 11) is 1.75. The van der Waals surface area contributed by atoms with Crippen LogP contribution in [0.25, 0.3) is 0 Å². The number of rotatable bonds is 1. The van der Waals surface area contributed by atoms with E-state index in [-0.39, 0.29) is 0 Å². The molecule has 1 rings (SSSR count). The zero-order chi connectivity index (χ0) is 8.10. The summed E-state index contributed by atoms with van der Waals surface area (Å²) in [6.45, 7) is 3.01. The van der Waals surface area contributed by atoms with Crippen LogP contribution in [0.2, 0.25) is 0 Å². The summed E-state index contributed by atoms with van der Waals surface area (Å²) in [5.41, 5.74) is 0. The molecule has 0 amide bonds. The Bertz CT molecular complexity index is 168. The third-order valence-electron chi connectivity index (χ3n) is 1.88. The summed E-state index contributed by atoms with van der Waals surface area (Å²) >= 11 is 0. The lowest BCUT2D eigenvalue weighted by Gasteiger charge is -2.02. The molecule has 0 aromatic heterocycles. The van der Waals surface area contributed by atoms with Crippen LogP contribution in [0.5, 0.6) is 0 Å². The second-order valence-corrected chi connectivity index (χ2v) is 2.73. The van der Waals surface area contributed by atoms with Gasteiger partial charge in [-0.2, -0.15) is 0 Å². The van der Waals surface area contributed by atoms with E-state index in [1.807, 2.05) is 0 Å². The van der Waals surface area contributed by atoms with Crippen LogP contribution < -0.4 is 5.32 Å². The molecule has 2 heteroatoms. The molecule has 62 valence electrons. The molecule has 0 saturated carbocycles. The Hall–Kier alpha value is -0.520. The monoisotopic (exact) mass is 153 g/mol. The van der Waals surface area contributed by atoms with Gasteiger partial charge in [0.25, 0.3) is 0 Å². The molecule has 2 atom stereocenters. The molecule has 1 fully saturated rings. The van der Waals surface area contributed by atoms with Crippen LogP contribution in [0.3, 0.4) is 0 Å². The Morgan fingerprint density at radius 3 is 3.00 bits per heavy atom. The van der Waals surface area contributed by atoms with Gasteiger partial charge in [-0.15, -0.1) is 5.92 Å². The number of hydrogen-bond donors (Lipinski definition) is 1. The Balaban J connectivity index is 2.29. The number of nitrogens with one attached hydrogen (secondary N) is 1. The van der Waals surface area contributed by atoms with E-state index in [1.54, 1.807) is 7.11 Å². The average molecular weight is 153 g/mol. The third-order valence-corrected chi connectivity index (χ3v) is 1.88. The van der Waals surface area contributed by atoms with Crippen molar-refractivity contribution in [2.45, 2.75) is 31.9 Å². The highest BCUT2D eigenvalue weighted by Gasteiger charge is 2.21. The van der Waals surface area contributed by atoms with Gasteiger partial charge in [-0.05, 0) is 0 Å². The summed E-state index contributed by atoms with van der Waals surface area (Å²) in [5.74, 6) is 6.22. The zero-order valence-electron chi connectivity index (χ0n) is 7.18. The molecule has 11 heavy (non-hydrogen) atoms. The number of hydrogen-bond acceptors (Lipinski definition) is 2. The minimum Gasteiger partial charge on any atom is -0.380 e. The van der Waals surface area contributed by atoms with E-state index in [2.05, 4.69) is 24.1 Å². The van der Waals surface area contributed by atoms with Crippen LogP contribution in [-0.2, 0) is 4.74 Å². The van der Waals surface area contributed by atoms with Crippen molar-refractivity contribution in [2.75, 3.05) is 13.7 Å². The van der Waals surface area contributed by atoms with Crippen LogP contribution in [0, 0.1) is 11.8 Å². The van der Waals surface area contributed by atoms with Crippen molar-refractivity contribution in [3.63, 3.8) is 0 Å². The molecule has 1 aliphatic rings. The summed E-state index contributed by atoms with van der Waals surface area (Å²) in [5, 5.41) is 3.29. The Labute approximate surface area is 68.3 Å². The fraction of sp³-hybridized carbons (Fsp3) is 0.778. The lowest BCUT2D eigenvalue weighted by molar-refractivity contribution is 0.118. The number of ether oxygens (including phenoxy) is 1. The molecular formula is C9H15NO. The Morgan fingerprint density at radius 2 is 2.45 bits per heavy atom.